The number of hydrogen-bond acceptors (Lipinski definition) is 6. The van der Waals surface area contributed by atoms with Gasteiger partial charge in [-0.15, -0.1) is 11.3 Å². The minimum atomic E-state index is 0.149. The van der Waals surface area contributed by atoms with Crippen LogP contribution in [0, 0.1) is 6.92 Å². The van der Waals surface area contributed by atoms with E-state index in [9.17, 15) is 4.79 Å². The van der Waals surface area contributed by atoms with Crippen LogP contribution < -0.4 is 4.90 Å². The van der Waals surface area contributed by atoms with Crippen molar-refractivity contribution in [1.82, 2.24) is 19.8 Å². The zero-order valence-electron chi connectivity index (χ0n) is 15.9. The molecule has 0 bridgehead atoms. The highest BCUT2D eigenvalue weighted by molar-refractivity contribution is 7.20. The molecular formula is C19H27N5OS. The predicted molar refractivity (Wildman–Crippen MR) is 106 cm³/mol. The number of anilines is 1. The van der Waals surface area contributed by atoms with E-state index in [1.807, 2.05) is 4.90 Å². The fourth-order valence-electron chi connectivity index (χ4n) is 4.04. The quantitative estimate of drug-likeness (QED) is 0.810. The Kier molecular flexibility index (Phi) is 4.84. The van der Waals surface area contributed by atoms with Crippen molar-refractivity contribution in [3.05, 3.63) is 16.8 Å². The Morgan fingerprint density at radius 1 is 1.15 bits per heavy atom. The summed E-state index contributed by atoms with van der Waals surface area (Å²) in [5.74, 6) is 1.16. The van der Waals surface area contributed by atoms with Crippen molar-refractivity contribution in [2.24, 2.45) is 0 Å². The van der Waals surface area contributed by atoms with E-state index in [4.69, 9.17) is 0 Å². The smallest absolute Gasteiger partial charge is 0.264 e. The molecule has 0 spiro atoms. The molecule has 1 unspecified atom stereocenters. The van der Waals surface area contributed by atoms with Crippen molar-refractivity contribution in [2.75, 3.05) is 44.7 Å². The average molecular weight is 374 g/mol. The Morgan fingerprint density at radius 2 is 1.92 bits per heavy atom. The van der Waals surface area contributed by atoms with Crippen molar-refractivity contribution in [3.8, 4) is 0 Å². The van der Waals surface area contributed by atoms with Gasteiger partial charge in [-0.25, -0.2) is 9.97 Å². The van der Waals surface area contributed by atoms with Crippen LogP contribution in [0.5, 0.6) is 0 Å². The summed E-state index contributed by atoms with van der Waals surface area (Å²) < 4.78 is 0. The number of piperidine rings is 1. The summed E-state index contributed by atoms with van der Waals surface area (Å²) in [6.45, 7) is 8.83. The molecule has 2 aliphatic rings. The summed E-state index contributed by atoms with van der Waals surface area (Å²) >= 11 is 1.52. The molecule has 2 saturated heterocycles. The Bertz CT molecular complexity index is 812. The largest absolute Gasteiger partial charge is 0.353 e. The lowest BCUT2D eigenvalue weighted by Crippen LogP contribution is -2.47. The maximum Gasteiger partial charge on any atom is 0.264 e. The van der Waals surface area contributed by atoms with E-state index in [2.05, 4.69) is 40.7 Å². The summed E-state index contributed by atoms with van der Waals surface area (Å²) in [5.41, 5.74) is 1.04. The number of aryl methyl sites for hydroxylation is 1. The van der Waals surface area contributed by atoms with E-state index in [1.165, 1.54) is 30.6 Å². The van der Waals surface area contributed by atoms with Crippen LogP contribution in [0.3, 0.4) is 0 Å². The first-order valence-corrected chi connectivity index (χ1v) is 10.4. The molecule has 0 radical (unpaired) electrons. The van der Waals surface area contributed by atoms with Crippen LogP contribution in [0.2, 0.25) is 0 Å². The van der Waals surface area contributed by atoms with Crippen LogP contribution in [-0.4, -0.2) is 71.5 Å². The summed E-state index contributed by atoms with van der Waals surface area (Å²) in [4.78, 5) is 30.6. The molecule has 2 fully saturated rings. The van der Waals surface area contributed by atoms with Crippen molar-refractivity contribution < 1.29 is 4.79 Å². The third kappa shape index (κ3) is 3.07. The molecule has 1 amide bonds. The van der Waals surface area contributed by atoms with E-state index < -0.39 is 0 Å². The maximum atomic E-state index is 13.1. The van der Waals surface area contributed by atoms with Gasteiger partial charge < -0.3 is 14.7 Å². The zero-order valence-corrected chi connectivity index (χ0v) is 16.7. The molecule has 2 aromatic heterocycles. The topological polar surface area (TPSA) is 52.6 Å². The molecule has 0 saturated carbocycles. The second-order valence-corrected chi connectivity index (χ2v) is 8.57. The van der Waals surface area contributed by atoms with Crippen LogP contribution in [-0.2, 0) is 0 Å². The summed E-state index contributed by atoms with van der Waals surface area (Å²) in [6, 6.07) is 0.484. The number of nitrogens with zero attached hydrogens (tertiary/aromatic N) is 5. The Hall–Kier alpha value is -1.73. The molecule has 0 N–H and O–H groups in total. The molecule has 140 valence electrons. The SMILES string of the molecule is Cc1c(C(=O)N2CCN(C)CC2)sc2ncnc(N3CCCCC3C)c12. The number of carbonyl (C=O) groups excluding carboxylic acids is 1. The van der Waals surface area contributed by atoms with Crippen molar-refractivity contribution >= 4 is 33.3 Å². The first-order chi connectivity index (χ1) is 12.6. The number of piperazine rings is 1. The first-order valence-electron chi connectivity index (χ1n) is 9.55. The molecule has 26 heavy (non-hydrogen) atoms. The minimum absolute atomic E-state index is 0.149. The Balaban J connectivity index is 1.71. The van der Waals surface area contributed by atoms with Gasteiger partial charge in [-0.1, -0.05) is 0 Å². The zero-order chi connectivity index (χ0) is 18.3. The van der Waals surface area contributed by atoms with E-state index in [0.717, 1.165) is 59.2 Å². The predicted octanol–water partition coefficient (Wildman–Crippen LogP) is 2.77. The molecule has 7 heteroatoms. The molecule has 6 nitrogen and oxygen atoms in total. The van der Waals surface area contributed by atoms with Gasteiger partial charge in [-0.05, 0) is 45.7 Å². The van der Waals surface area contributed by atoms with Gasteiger partial charge in [-0.3, -0.25) is 4.79 Å². The number of rotatable bonds is 2. The van der Waals surface area contributed by atoms with Gasteiger partial charge >= 0.3 is 0 Å². The number of hydrogen-bond donors (Lipinski definition) is 0. The van der Waals surface area contributed by atoms with Crippen LogP contribution in [0.4, 0.5) is 5.82 Å². The normalized spacial score (nSPS) is 22.2. The number of fused-ring (bicyclic) bond motifs is 1. The van der Waals surface area contributed by atoms with E-state index in [1.54, 1.807) is 6.33 Å². The Morgan fingerprint density at radius 3 is 2.65 bits per heavy atom. The standard InChI is InChI=1S/C19H27N5OS/c1-13-6-4-5-7-24(13)17-15-14(2)16(26-18(15)21-12-20-17)19(25)23-10-8-22(3)9-11-23/h12-13H,4-11H2,1-3H3. The molecule has 4 rings (SSSR count). The van der Waals surface area contributed by atoms with E-state index in [0.29, 0.717) is 6.04 Å². The third-order valence-corrected chi connectivity index (χ3v) is 6.95. The number of likely N-dealkylation sites (N-methyl/N-ethyl adjacent to an activating group) is 1. The second-order valence-electron chi connectivity index (χ2n) is 7.57. The van der Waals surface area contributed by atoms with E-state index >= 15 is 0 Å². The van der Waals surface area contributed by atoms with Crippen LogP contribution in [0.15, 0.2) is 6.33 Å². The maximum absolute atomic E-state index is 13.1. The van der Waals surface area contributed by atoms with Crippen molar-refractivity contribution in [1.29, 1.82) is 0 Å². The van der Waals surface area contributed by atoms with Gasteiger partial charge in [-0.2, -0.15) is 0 Å². The van der Waals surface area contributed by atoms with Crippen LogP contribution in [0.25, 0.3) is 10.2 Å². The summed E-state index contributed by atoms with van der Waals surface area (Å²) in [7, 11) is 2.11. The van der Waals surface area contributed by atoms with Gasteiger partial charge in [0.2, 0.25) is 0 Å². The van der Waals surface area contributed by atoms with Crippen LogP contribution >= 0.6 is 11.3 Å². The molecular weight excluding hydrogens is 346 g/mol. The summed E-state index contributed by atoms with van der Waals surface area (Å²) in [5, 5.41) is 1.07. The van der Waals surface area contributed by atoms with Gasteiger partial charge in [0.05, 0.1) is 10.3 Å². The average Bonchev–Trinajstić information content (AvgIpc) is 2.99. The highest BCUT2D eigenvalue weighted by Crippen LogP contribution is 2.37. The van der Waals surface area contributed by atoms with Crippen LogP contribution in [0.1, 0.15) is 41.4 Å². The van der Waals surface area contributed by atoms with Gasteiger partial charge in [0, 0.05) is 38.8 Å². The molecule has 1 atom stereocenters. The van der Waals surface area contributed by atoms with Gasteiger partial charge in [0.15, 0.2) is 0 Å². The number of amides is 1. The first kappa shape index (κ1) is 17.7. The van der Waals surface area contributed by atoms with Gasteiger partial charge in [0.25, 0.3) is 5.91 Å². The lowest BCUT2D eigenvalue weighted by atomic mass is 10.0. The van der Waals surface area contributed by atoms with Crippen molar-refractivity contribution in [2.45, 2.75) is 39.2 Å². The minimum Gasteiger partial charge on any atom is -0.353 e. The second kappa shape index (κ2) is 7.12. The highest BCUT2D eigenvalue weighted by atomic mass is 32.1. The molecule has 0 aromatic carbocycles. The number of thiophene rings is 1. The van der Waals surface area contributed by atoms with Crippen molar-refractivity contribution in [3.63, 3.8) is 0 Å². The molecule has 2 aromatic rings. The number of carbonyl (C=O) groups is 1. The highest BCUT2D eigenvalue weighted by Gasteiger charge is 2.28. The third-order valence-electron chi connectivity index (χ3n) is 5.77. The molecule has 2 aliphatic heterocycles. The summed E-state index contributed by atoms with van der Waals surface area (Å²) in [6.07, 6.45) is 5.33. The van der Waals surface area contributed by atoms with E-state index in [-0.39, 0.29) is 5.91 Å². The van der Waals surface area contributed by atoms with Gasteiger partial charge in [0.1, 0.15) is 17.0 Å². The monoisotopic (exact) mass is 373 g/mol. The fourth-order valence-corrected chi connectivity index (χ4v) is 5.15. The molecule has 4 heterocycles. The lowest BCUT2D eigenvalue weighted by molar-refractivity contribution is 0.0668. The number of aromatic nitrogens is 2. The fraction of sp³-hybridized carbons (Fsp3) is 0.632. The molecule has 0 aliphatic carbocycles. The lowest BCUT2D eigenvalue weighted by Gasteiger charge is -2.34. The Labute approximate surface area is 158 Å².